The zero-order valence-corrected chi connectivity index (χ0v) is 17.5. The molecule has 0 bridgehead atoms. The van der Waals surface area contributed by atoms with Gasteiger partial charge in [-0.25, -0.2) is 0 Å². The number of carbonyl (C=O) groups excluding carboxylic acids is 3. The topological polar surface area (TPSA) is 72.5 Å². The fourth-order valence-corrected chi connectivity index (χ4v) is 3.72. The molecule has 1 aliphatic carbocycles. The minimum Gasteiger partial charge on any atom is -0.457 e. The van der Waals surface area contributed by atoms with Crippen LogP contribution in [0.25, 0.3) is 0 Å². The molecule has 5 heteroatoms. The van der Waals surface area contributed by atoms with Crippen molar-refractivity contribution in [1.29, 1.82) is 0 Å². The van der Waals surface area contributed by atoms with Crippen molar-refractivity contribution in [2.75, 3.05) is 11.9 Å². The molecule has 0 spiro atoms. The smallest absolute Gasteiger partial charge is 0.309 e. The van der Waals surface area contributed by atoms with Gasteiger partial charge in [0.15, 0.2) is 12.4 Å². The number of Topliss-reactive ketones (excluding diaryl/α,β-unsaturated/α-hetero) is 1. The first-order valence-electron chi connectivity index (χ1n) is 10.3. The molecule has 154 valence electrons. The van der Waals surface area contributed by atoms with Gasteiger partial charge in [0.25, 0.3) is 0 Å². The average molecular weight is 388 g/mol. The predicted octanol–water partition coefficient (Wildman–Crippen LogP) is 5.00. The van der Waals surface area contributed by atoms with Gasteiger partial charge in [0.2, 0.25) is 5.91 Å². The summed E-state index contributed by atoms with van der Waals surface area (Å²) in [6.45, 7) is 8.44. The van der Waals surface area contributed by atoms with Crippen molar-refractivity contribution in [3.05, 3.63) is 29.8 Å². The van der Waals surface area contributed by atoms with Gasteiger partial charge in [-0.15, -0.1) is 0 Å². The maximum Gasteiger partial charge on any atom is 0.309 e. The fraction of sp³-hybridized carbons (Fsp3) is 0.609. The lowest BCUT2D eigenvalue weighted by Gasteiger charge is -2.36. The van der Waals surface area contributed by atoms with E-state index in [0.717, 1.165) is 32.1 Å². The monoisotopic (exact) mass is 387 g/mol. The van der Waals surface area contributed by atoms with Gasteiger partial charge >= 0.3 is 5.97 Å². The lowest BCUT2D eigenvalue weighted by atomic mass is 9.70. The van der Waals surface area contributed by atoms with Crippen LogP contribution in [0, 0.1) is 17.3 Å². The number of carbonyl (C=O) groups is 3. The van der Waals surface area contributed by atoms with Crippen molar-refractivity contribution in [3.63, 3.8) is 0 Å². The predicted molar refractivity (Wildman–Crippen MR) is 110 cm³/mol. The zero-order valence-electron chi connectivity index (χ0n) is 17.5. The summed E-state index contributed by atoms with van der Waals surface area (Å²) in [7, 11) is 0. The standard InChI is InChI=1S/C23H33NO4/c1-5-6-21(26)24-19-13-9-16(10-14-19)20(25)15-28-22(27)17-7-11-18(12-8-17)23(2,3)4/h9-10,13-14,17-18H,5-8,11-12,15H2,1-4H3,(H,24,26). The van der Waals surface area contributed by atoms with Crippen molar-refractivity contribution in [2.24, 2.45) is 17.3 Å². The number of esters is 1. The Morgan fingerprint density at radius 2 is 1.64 bits per heavy atom. The molecule has 1 N–H and O–H groups in total. The summed E-state index contributed by atoms with van der Waals surface area (Å²) in [5.41, 5.74) is 1.40. The second kappa shape index (κ2) is 9.85. The maximum atomic E-state index is 12.3. The highest BCUT2D eigenvalue weighted by Crippen LogP contribution is 2.40. The van der Waals surface area contributed by atoms with Gasteiger partial charge in [0.1, 0.15) is 0 Å². The minimum atomic E-state index is -0.260. The van der Waals surface area contributed by atoms with Crippen LogP contribution in [0.3, 0.4) is 0 Å². The van der Waals surface area contributed by atoms with E-state index in [0.29, 0.717) is 23.6 Å². The molecule has 0 atom stereocenters. The first kappa shape index (κ1) is 22.1. The average Bonchev–Trinajstić information content (AvgIpc) is 2.66. The Hall–Kier alpha value is -2.17. The van der Waals surface area contributed by atoms with Gasteiger partial charge in [0, 0.05) is 17.7 Å². The van der Waals surface area contributed by atoms with E-state index in [1.54, 1.807) is 24.3 Å². The Kier molecular flexibility index (Phi) is 7.78. The molecular formula is C23H33NO4. The highest BCUT2D eigenvalue weighted by Gasteiger charge is 2.33. The third kappa shape index (κ3) is 6.47. The summed E-state index contributed by atoms with van der Waals surface area (Å²) in [6, 6.07) is 6.67. The minimum absolute atomic E-state index is 0.0447. The SMILES string of the molecule is CCCC(=O)Nc1ccc(C(=O)COC(=O)C2CCC(C(C)(C)C)CC2)cc1. The molecule has 1 fully saturated rings. The lowest BCUT2D eigenvalue weighted by molar-refractivity contribution is -0.149. The normalized spacial score (nSPS) is 19.7. The van der Waals surface area contributed by atoms with Crippen LogP contribution in [0.5, 0.6) is 0 Å². The Labute approximate surface area is 168 Å². The molecule has 0 aromatic heterocycles. The molecule has 0 radical (unpaired) electrons. The summed E-state index contributed by atoms with van der Waals surface area (Å²) < 4.78 is 5.29. The third-order valence-electron chi connectivity index (χ3n) is 5.60. The highest BCUT2D eigenvalue weighted by molar-refractivity contribution is 5.99. The van der Waals surface area contributed by atoms with Crippen molar-refractivity contribution >= 4 is 23.3 Å². The second-order valence-corrected chi connectivity index (χ2v) is 8.82. The van der Waals surface area contributed by atoms with Gasteiger partial charge in [-0.1, -0.05) is 27.7 Å². The first-order chi connectivity index (χ1) is 13.2. The van der Waals surface area contributed by atoms with E-state index in [1.807, 2.05) is 6.92 Å². The van der Waals surface area contributed by atoms with Gasteiger partial charge in [-0.3, -0.25) is 14.4 Å². The number of amides is 1. The zero-order chi connectivity index (χ0) is 20.7. The largest absolute Gasteiger partial charge is 0.457 e. The van der Waals surface area contributed by atoms with E-state index in [4.69, 9.17) is 4.74 Å². The number of hydrogen-bond donors (Lipinski definition) is 1. The molecule has 1 aliphatic rings. The Bertz CT molecular complexity index is 680. The molecule has 0 aliphatic heterocycles. The number of hydrogen-bond acceptors (Lipinski definition) is 4. The molecule has 28 heavy (non-hydrogen) atoms. The van der Waals surface area contributed by atoms with Crippen LogP contribution >= 0.6 is 0 Å². The Morgan fingerprint density at radius 1 is 1.04 bits per heavy atom. The van der Waals surface area contributed by atoms with E-state index in [1.165, 1.54) is 0 Å². The summed E-state index contributed by atoms with van der Waals surface area (Å²) in [5, 5.41) is 2.78. The van der Waals surface area contributed by atoms with Crippen LogP contribution in [0.1, 0.15) is 76.6 Å². The molecule has 1 saturated carbocycles. The molecule has 0 heterocycles. The van der Waals surface area contributed by atoms with E-state index in [2.05, 4.69) is 26.1 Å². The van der Waals surface area contributed by atoms with Crippen LogP contribution in [0.2, 0.25) is 0 Å². The number of benzene rings is 1. The van der Waals surface area contributed by atoms with Crippen molar-refractivity contribution < 1.29 is 19.1 Å². The Morgan fingerprint density at radius 3 is 2.18 bits per heavy atom. The quantitative estimate of drug-likeness (QED) is 0.528. The van der Waals surface area contributed by atoms with Crippen LogP contribution in [-0.2, 0) is 14.3 Å². The molecular weight excluding hydrogens is 354 g/mol. The van der Waals surface area contributed by atoms with E-state index < -0.39 is 0 Å². The maximum absolute atomic E-state index is 12.3. The molecule has 1 amide bonds. The number of anilines is 1. The molecule has 5 nitrogen and oxygen atoms in total. The third-order valence-corrected chi connectivity index (χ3v) is 5.60. The van der Waals surface area contributed by atoms with Crippen LogP contribution in [-0.4, -0.2) is 24.3 Å². The van der Waals surface area contributed by atoms with Crippen LogP contribution < -0.4 is 5.32 Å². The second-order valence-electron chi connectivity index (χ2n) is 8.82. The first-order valence-corrected chi connectivity index (χ1v) is 10.3. The van der Waals surface area contributed by atoms with Gasteiger partial charge in [-0.05, 0) is 67.7 Å². The van der Waals surface area contributed by atoms with E-state index in [9.17, 15) is 14.4 Å². The van der Waals surface area contributed by atoms with E-state index >= 15 is 0 Å². The summed E-state index contributed by atoms with van der Waals surface area (Å²) in [6.07, 6.45) is 4.98. The number of rotatable bonds is 7. The van der Waals surface area contributed by atoms with Crippen molar-refractivity contribution in [3.8, 4) is 0 Å². The van der Waals surface area contributed by atoms with Crippen LogP contribution in [0.15, 0.2) is 24.3 Å². The summed E-state index contributed by atoms with van der Waals surface area (Å²) >= 11 is 0. The lowest BCUT2D eigenvalue weighted by Crippen LogP contribution is -2.30. The number of ketones is 1. The highest BCUT2D eigenvalue weighted by atomic mass is 16.5. The van der Waals surface area contributed by atoms with Gasteiger partial charge < -0.3 is 10.1 Å². The molecule has 0 unspecified atom stereocenters. The molecule has 0 saturated heterocycles. The van der Waals surface area contributed by atoms with Crippen LogP contribution in [0.4, 0.5) is 5.69 Å². The van der Waals surface area contributed by atoms with E-state index in [-0.39, 0.29) is 35.6 Å². The molecule has 2 rings (SSSR count). The van der Waals surface area contributed by atoms with Gasteiger partial charge in [0.05, 0.1) is 5.92 Å². The Balaban J connectivity index is 1.79. The summed E-state index contributed by atoms with van der Waals surface area (Å²) in [4.78, 5) is 36.2. The van der Waals surface area contributed by atoms with Crippen molar-refractivity contribution in [2.45, 2.75) is 66.2 Å². The number of ether oxygens (including phenoxy) is 1. The fourth-order valence-electron chi connectivity index (χ4n) is 3.72. The van der Waals surface area contributed by atoms with Gasteiger partial charge in [-0.2, -0.15) is 0 Å². The molecule has 1 aromatic carbocycles. The summed E-state index contributed by atoms with van der Waals surface area (Å²) in [5.74, 6) is 0.000997. The van der Waals surface area contributed by atoms with Crippen molar-refractivity contribution in [1.82, 2.24) is 0 Å². The molecule has 1 aromatic rings. The number of nitrogens with one attached hydrogen (secondary N) is 1.